The SMILES string of the molecule is C/C(=N/N(C=O)CC(=O)c1cccc(O)c1)C(C)(C)C1CCCCC1.CC. The number of amides is 1. The van der Waals surface area contributed by atoms with Crippen LogP contribution in [0.15, 0.2) is 29.4 Å². The summed E-state index contributed by atoms with van der Waals surface area (Å²) >= 11 is 0. The first-order valence-electron chi connectivity index (χ1n) is 9.94. The van der Waals surface area contributed by atoms with Crippen molar-refractivity contribution in [2.24, 2.45) is 16.4 Å². The van der Waals surface area contributed by atoms with E-state index in [9.17, 15) is 14.7 Å². The van der Waals surface area contributed by atoms with Gasteiger partial charge in [-0.2, -0.15) is 5.10 Å². The van der Waals surface area contributed by atoms with Gasteiger partial charge in [-0.3, -0.25) is 9.59 Å². The van der Waals surface area contributed by atoms with E-state index >= 15 is 0 Å². The van der Waals surface area contributed by atoms with Crippen molar-refractivity contribution in [3.8, 4) is 5.75 Å². The highest BCUT2D eigenvalue weighted by molar-refractivity contribution is 5.99. The number of phenolic OH excluding ortho intramolecular Hbond substituents is 1. The van der Waals surface area contributed by atoms with Crippen LogP contribution in [0.25, 0.3) is 0 Å². The molecule has 0 aliphatic heterocycles. The van der Waals surface area contributed by atoms with Crippen LogP contribution in [0.1, 0.15) is 77.1 Å². The number of hydrazone groups is 1. The van der Waals surface area contributed by atoms with Crippen molar-refractivity contribution in [1.82, 2.24) is 5.01 Å². The van der Waals surface area contributed by atoms with Gasteiger partial charge in [-0.25, -0.2) is 5.01 Å². The Morgan fingerprint density at radius 2 is 1.89 bits per heavy atom. The molecule has 27 heavy (non-hydrogen) atoms. The smallest absolute Gasteiger partial charge is 0.230 e. The molecule has 0 unspecified atom stereocenters. The van der Waals surface area contributed by atoms with Gasteiger partial charge in [0, 0.05) is 16.7 Å². The third-order valence-electron chi connectivity index (χ3n) is 5.43. The van der Waals surface area contributed by atoms with Gasteiger partial charge in [-0.1, -0.05) is 59.1 Å². The molecule has 1 fully saturated rings. The summed E-state index contributed by atoms with van der Waals surface area (Å²) in [7, 11) is 0. The minimum Gasteiger partial charge on any atom is -0.508 e. The molecule has 0 saturated heterocycles. The lowest BCUT2D eigenvalue weighted by molar-refractivity contribution is -0.117. The van der Waals surface area contributed by atoms with Crippen LogP contribution >= 0.6 is 0 Å². The first-order chi connectivity index (χ1) is 12.8. The van der Waals surface area contributed by atoms with Crippen LogP contribution in [-0.4, -0.2) is 34.6 Å². The minimum absolute atomic E-state index is 0.0293. The van der Waals surface area contributed by atoms with Crippen molar-refractivity contribution < 1.29 is 14.7 Å². The second kappa shape index (κ2) is 10.9. The van der Waals surface area contributed by atoms with Crippen molar-refractivity contribution in [1.29, 1.82) is 0 Å². The molecule has 1 aliphatic rings. The van der Waals surface area contributed by atoms with Gasteiger partial charge in [0.1, 0.15) is 12.3 Å². The minimum atomic E-state index is -0.255. The van der Waals surface area contributed by atoms with Crippen molar-refractivity contribution >= 4 is 17.9 Å². The van der Waals surface area contributed by atoms with E-state index < -0.39 is 0 Å². The summed E-state index contributed by atoms with van der Waals surface area (Å²) in [5.41, 5.74) is 1.14. The van der Waals surface area contributed by atoms with Gasteiger partial charge in [0.2, 0.25) is 6.41 Å². The molecule has 150 valence electrons. The topological polar surface area (TPSA) is 70.0 Å². The Kier molecular flexibility index (Phi) is 9.19. The largest absolute Gasteiger partial charge is 0.508 e. The van der Waals surface area contributed by atoms with E-state index in [4.69, 9.17) is 0 Å². The fourth-order valence-corrected chi connectivity index (χ4v) is 3.46. The Balaban J connectivity index is 0.00000176. The maximum Gasteiger partial charge on any atom is 0.230 e. The highest BCUT2D eigenvalue weighted by Gasteiger charge is 2.33. The van der Waals surface area contributed by atoms with E-state index in [1.165, 1.54) is 44.2 Å². The maximum absolute atomic E-state index is 12.3. The Labute approximate surface area is 163 Å². The van der Waals surface area contributed by atoms with Gasteiger partial charge >= 0.3 is 0 Å². The first-order valence-corrected chi connectivity index (χ1v) is 9.94. The van der Waals surface area contributed by atoms with Crippen LogP contribution in [0.5, 0.6) is 5.75 Å². The van der Waals surface area contributed by atoms with E-state index in [2.05, 4.69) is 18.9 Å². The molecule has 0 spiro atoms. The van der Waals surface area contributed by atoms with Gasteiger partial charge in [0.25, 0.3) is 0 Å². The predicted octanol–water partition coefficient (Wildman–Crippen LogP) is 5.04. The number of benzene rings is 1. The Bertz CT molecular complexity index is 647. The molecular weight excluding hydrogens is 340 g/mol. The summed E-state index contributed by atoms with van der Waals surface area (Å²) in [6, 6.07) is 6.12. The van der Waals surface area contributed by atoms with Crippen molar-refractivity contribution in [2.75, 3.05) is 6.54 Å². The molecule has 1 aromatic rings. The highest BCUT2D eigenvalue weighted by atomic mass is 16.3. The van der Waals surface area contributed by atoms with Crippen LogP contribution in [0.4, 0.5) is 0 Å². The van der Waals surface area contributed by atoms with Crippen molar-refractivity contribution in [3.63, 3.8) is 0 Å². The van der Waals surface area contributed by atoms with Crippen molar-refractivity contribution in [2.45, 2.75) is 66.7 Å². The summed E-state index contributed by atoms with van der Waals surface area (Å²) < 4.78 is 0. The molecule has 0 radical (unpaired) electrons. The molecule has 5 nitrogen and oxygen atoms in total. The van der Waals surface area contributed by atoms with Crippen LogP contribution in [0.2, 0.25) is 0 Å². The van der Waals surface area contributed by atoms with Gasteiger partial charge in [-0.05, 0) is 37.8 Å². The molecule has 2 rings (SSSR count). The lowest BCUT2D eigenvalue weighted by atomic mass is 9.69. The van der Waals surface area contributed by atoms with Crippen LogP contribution in [0.3, 0.4) is 0 Å². The Hall–Kier alpha value is -2.17. The molecule has 0 aromatic heterocycles. The third kappa shape index (κ3) is 6.49. The number of carbonyl (C=O) groups is 2. The van der Waals surface area contributed by atoms with E-state index in [-0.39, 0.29) is 23.5 Å². The first kappa shape index (κ1) is 22.9. The van der Waals surface area contributed by atoms with Gasteiger partial charge in [-0.15, -0.1) is 0 Å². The third-order valence-corrected chi connectivity index (χ3v) is 5.43. The number of Topliss-reactive ketones (excluding diaryl/α,β-unsaturated/α-hetero) is 1. The molecule has 5 heteroatoms. The second-order valence-electron chi connectivity index (χ2n) is 7.42. The normalized spacial score (nSPS) is 15.5. The molecule has 1 saturated carbocycles. The maximum atomic E-state index is 12.3. The fourth-order valence-electron chi connectivity index (χ4n) is 3.46. The highest BCUT2D eigenvalue weighted by Crippen LogP contribution is 2.39. The summed E-state index contributed by atoms with van der Waals surface area (Å²) in [5, 5.41) is 15.1. The lowest BCUT2D eigenvalue weighted by Gasteiger charge is -2.37. The molecule has 1 aromatic carbocycles. The zero-order valence-corrected chi connectivity index (χ0v) is 17.4. The quantitative estimate of drug-likeness (QED) is 0.314. The monoisotopic (exact) mass is 374 g/mol. The number of aromatic hydroxyl groups is 1. The summed E-state index contributed by atoms with van der Waals surface area (Å²) in [5.74, 6) is 0.330. The fraction of sp³-hybridized carbons (Fsp3) is 0.591. The van der Waals surface area contributed by atoms with E-state index in [1.54, 1.807) is 12.1 Å². The summed E-state index contributed by atoms with van der Waals surface area (Å²) in [6.45, 7) is 10.1. The summed E-state index contributed by atoms with van der Waals surface area (Å²) in [4.78, 5) is 23.7. The molecule has 1 N–H and O–H groups in total. The standard InChI is InChI=1S/C20H28N2O3.C2H6/c1-15(20(2,3)17-9-5-4-6-10-17)21-22(14-23)13-19(25)16-8-7-11-18(24)12-16;1-2/h7-8,11-12,14,17,24H,4-6,9-10,13H2,1-3H3;1-2H3/b21-15-;. The Morgan fingerprint density at radius 3 is 2.44 bits per heavy atom. The number of ketones is 1. The lowest BCUT2D eigenvalue weighted by Crippen LogP contribution is -2.35. The van der Waals surface area contributed by atoms with Crippen LogP contribution < -0.4 is 0 Å². The average Bonchev–Trinajstić information content (AvgIpc) is 2.69. The predicted molar refractivity (Wildman–Crippen MR) is 110 cm³/mol. The number of rotatable bonds is 7. The van der Waals surface area contributed by atoms with Gasteiger partial charge in [0.15, 0.2) is 5.78 Å². The van der Waals surface area contributed by atoms with Gasteiger partial charge < -0.3 is 5.11 Å². The number of nitrogens with zero attached hydrogens (tertiary/aromatic N) is 2. The average molecular weight is 375 g/mol. The van der Waals surface area contributed by atoms with Crippen LogP contribution in [-0.2, 0) is 4.79 Å². The number of hydrogen-bond acceptors (Lipinski definition) is 4. The summed E-state index contributed by atoms with van der Waals surface area (Å²) in [6.07, 6.45) is 6.73. The molecule has 1 aliphatic carbocycles. The van der Waals surface area contributed by atoms with E-state index in [1.807, 2.05) is 20.8 Å². The molecule has 0 atom stereocenters. The van der Waals surface area contributed by atoms with E-state index in [0.29, 0.717) is 17.9 Å². The molecule has 0 heterocycles. The van der Waals surface area contributed by atoms with Crippen LogP contribution in [0, 0.1) is 11.3 Å². The molecule has 0 bridgehead atoms. The number of phenols is 1. The van der Waals surface area contributed by atoms with Crippen molar-refractivity contribution in [3.05, 3.63) is 29.8 Å². The molecular formula is C22H34N2O3. The molecule has 1 amide bonds. The number of hydrogen-bond donors (Lipinski definition) is 1. The Morgan fingerprint density at radius 1 is 1.26 bits per heavy atom. The van der Waals surface area contributed by atoms with E-state index in [0.717, 1.165) is 10.7 Å². The second-order valence-corrected chi connectivity index (χ2v) is 7.42. The zero-order valence-electron chi connectivity index (χ0n) is 17.4. The number of carbonyl (C=O) groups excluding carboxylic acids is 2. The zero-order chi connectivity index (χ0) is 20.4. The van der Waals surface area contributed by atoms with Gasteiger partial charge in [0.05, 0.1) is 0 Å².